The Bertz CT molecular complexity index is 330. The van der Waals surface area contributed by atoms with Crippen LogP contribution in [0.25, 0.3) is 0 Å². The van der Waals surface area contributed by atoms with Gasteiger partial charge >= 0.3 is 0 Å². The van der Waals surface area contributed by atoms with E-state index in [-0.39, 0.29) is 6.10 Å². The number of rotatable bonds is 4. The molecule has 3 heteroatoms. The van der Waals surface area contributed by atoms with Crippen molar-refractivity contribution in [2.45, 2.75) is 32.6 Å². The fraction of sp³-hybridized carbons (Fsp3) is 0.600. The lowest BCUT2D eigenvalue weighted by molar-refractivity contribution is -0.0199. The SMILES string of the molecule is CC1COC(COCc2ccccc2)CNC1C. The summed E-state index contributed by atoms with van der Waals surface area (Å²) in [4.78, 5) is 0. The molecule has 2 rings (SSSR count). The van der Waals surface area contributed by atoms with Crippen LogP contribution in [-0.4, -0.2) is 31.9 Å². The van der Waals surface area contributed by atoms with Crippen LogP contribution in [0.5, 0.6) is 0 Å². The zero-order chi connectivity index (χ0) is 12.8. The van der Waals surface area contributed by atoms with Gasteiger partial charge < -0.3 is 14.8 Å². The number of benzene rings is 1. The molecule has 0 saturated carbocycles. The highest BCUT2D eigenvalue weighted by atomic mass is 16.5. The number of nitrogens with one attached hydrogen (secondary N) is 1. The van der Waals surface area contributed by atoms with Crippen molar-refractivity contribution in [3.8, 4) is 0 Å². The molecule has 0 bridgehead atoms. The lowest BCUT2D eigenvalue weighted by Gasteiger charge is -2.15. The van der Waals surface area contributed by atoms with Gasteiger partial charge in [0, 0.05) is 12.6 Å². The van der Waals surface area contributed by atoms with Crippen LogP contribution in [0.3, 0.4) is 0 Å². The first-order valence-corrected chi connectivity index (χ1v) is 6.72. The molecule has 1 saturated heterocycles. The summed E-state index contributed by atoms with van der Waals surface area (Å²) in [5, 5.41) is 3.49. The first kappa shape index (κ1) is 13.5. The summed E-state index contributed by atoms with van der Waals surface area (Å²) in [5.41, 5.74) is 1.21. The molecule has 1 heterocycles. The van der Waals surface area contributed by atoms with Crippen molar-refractivity contribution >= 4 is 0 Å². The molecule has 3 unspecified atom stereocenters. The summed E-state index contributed by atoms with van der Waals surface area (Å²) in [6, 6.07) is 10.8. The zero-order valence-corrected chi connectivity index (χ0v) is 11.3. The minimum atomic E-state index is 0.168. The van der Waals surface area contributed by atoms with E-state index in [1.807, 2.05) is 18.2 Å². The van der Waals surface area contributed by atoms with E-state index < -0.39 is 0 Å². The maximum absolute atomic E-state index is 5.84. The van der Waals surface area contributed by atoms with E-state index in [1.165, 1.54) is 5.56 Å². The molecule has 1 aliphatic rings. The first-order chi connectivity index (χ1) is 8.75. The summed E-state index contributed by atoms with van der Waals surface area (Å²) in [5.74, 6) is 0.559. The van der Waals surface area contributed by atoms with Gasteiger partial charge in [0.25, 0.3) is 0 Å². The molecule has 3 nitrogen and oxygen atoms in total. The summed E-state index contributed by atoms with van der Waals surface area (Å²) < 4.78 is 11.6. The van der Waals surface area contributed by atoms with Crippen molar-refractivity contribution in [1.29, 1.82) is 0 Å². The van der Waals surface area contributed by atoms with E-state index in [4.69, 9.17) is 9.47 Å². The van der Waals surface area contributed by atoms with E-state index in [9.17, 15) is 0 Å². The molecule has 18 heavy (non-hydrogen) atoms. The highest BCUT2D eigenvalue weighted by Gasteiger charge is 2.21. The molecule has 3 atom stereocenters. The van der Waals surface area contributed by atoms with Crippen LogP contribution in [-0.2, 0) is 16.1 Å². The van der Waals surface area contributed by atoms with Crippen molar-refractivity contribution in [1.82, 2.24) is 5.32 Å². The molecular weight excluding hydrogens is 226 g/mol. The van der Waals surface area contributed by atoms with Gasteiger partial charge in [-0.2, -0.15) is 0 Å². The monoisotopic (exact) mass is 249 g/mol. The molecule has 100 valence electrons. The topological polar surface area (TPSA) is 30.5 Å². The third-order valence-electron chi connectivity index (χ3n) is 3.53. The van der Waals surface area contributed by atoms with E-state index in [1.54, 1.807) is 0 Å². The predicted molar refractivity (Wildman–Crippen MR) is 72.5 cm³/mol. The van der Waals surface area contributed by atoms with Crippen molar-refractivity contribution < 1.29 is 9.47 Å². The van der Waals surface area contributed by atoms with Gasteiger partial charge in [-0.15, -0.1) is 0 Å². The molecule has 0 aliphatic carbocycles. The maximum atomic E-state index is 5.84. The van der Waals surface area contributed by atoms with E-state index in [0.717, 1.165) is 13.2 Å². The Morgan fingerprint density at radius 1 is 1.28 bits per heavy atom. The summed E-state index contributed by atoms with van der Waals surface area (Å²) >= 11 is 0. The van der Waals surface area contributed by atoms with Gasteiger partial charge in [0.1, 0.15) is 0 Å². The second kappa shape index (κ2) is 6.88. The van der Waals surface area contributed by atoms with Crippen LogP contribution in [0, 0.1) is 5.92 Å². The molecule has 1 N–H and O–H groups in total. The van der Waals surface area contributed by atoms with Crippen molar-refractivity contribution in [2.75, 3.05) is 19.8 Å². The van der Waals surface area contributed by atoms with E-state index in [2.05, 4.69) is 31.3 Å². The van der Waals surface area contributed by atoms with Gasteiger partial charge in [0.2, 0.25) is 0 Å². The van der Waals surface area contributed by atoms with Crippen molar-refractivity contribution in [3.63, 3.8) is 0 Å². The third kappa shape index (κ3) is 4.09. The maximum Gasteiger partial charge on any atom is 0.0932 e. The molecule has 0 spiro atoms. The number of hydrogen-bond acceptors (Lipinski definition) is 3. The average molecular weight is 249 g/mol. The minimum absolute atomic E-state index is 0.168. The van der Waals surface area contributed by atoms with Crippen LogP contribution >= 0.6 is 0 Å². The molecule has 1 aromatic rings. The fourth-order valence-corrected chi connectivity index (χ4v) is 2.00. The molecule has 1 aliphatic heterocycles. The van der Waals surface area contributed by atoms with Crippen LogP contribution in [0.1, 0.15) is 19.4 Å². The normalized spacial score (nSPS) is 28.9. The van der Waals surface area contributed by atoms with Crippen LogP contribution in [0.4, 0.5) is 0 Å². The van der Waals surface area contributed by atoms with Gasteiger partial charge in [0.15, 0.2) is 0 Å². The molecule has 0 radical (unpaired) electrons. The molecule has 1 fully saturated rings. The lowest BCUT2D eigenvalue weighted by Crippen LogP contribution is -2.35. The zero-order valence-electron chi connectivity index (χ0n) is 11.3. The second-order valence-electron chi connectivity index (χ2n) is 5.13. The fourth-order valence-electron chi connectivity index (χ4n) is 2.00. The van der Waals surface area contributed by atoms with Gasteiger partial charge in [-0.1, -0.05) is 37.3 Å². The second-order valence-corrected chi connectivity index (χ2v) is 5.13. The van der Waals surface area contributed by atoms with Crippen LogP contribution in [0.2, 0.25) is 0 Å². The van der Waals surface area contributed by atoms with E-state index >= 15 is 0 Å². The smallest absolute Gasteiger partial charge is 0.0932 e. The highest BCUT2D eigenvalue weighted by molar-refractivity contribution is 5.13. The van der Waals surface area contributed by atoms with Gasteiger partial charge in [-0.05, 0) is 18.4 Å². The van der Waals surface area contributed by atoms with Crippen LogP contribution in [0.15, 0.2) is 30.3 Å². The van der Waals surface area contributed by atoms with Crippen molar-refractivity contribution in [2.24, 2.45) is 5.92 Å². The number of ether oxygens (including phenoxy) is 2. The van der Waals surface area contributed by atoms with Gasteiger partial charge in [-0.3, -0.25) is 0 Å². The molecule has 1 aromatic carbocycles. The summed E-state index contributed by atoms with van der Waals surface area (Å²) in [6.07, 6.45) is 0.168. The Morgan fingerprint density at radius 2 is 2.06 bits per heavy atom. The Labute approximate surface area is 109 Å². The van der Waals surface area contributed by atoms with Crippen molar-refractivity contribution in [3.05, 3.63) is 35.9 Å². The predicted octanol–water partition coefficient (Wildman–Crippen LogP) is 2.22. The minimum Gasteiger partial charge on any atom is -0.374 e. The Morgan fingerprint density at radius 3 is 2.83 bits per heavy atom. The quantitative estimate of drug-likeness (QED) is 0.887. The Balaban J connectivity index is 1.71. The van der Waals surface area contributed by atoms with E-state index in [0.29, 0.717) is 25.2 Å². The highest BCUT2D eigenvalue weighted by Crippen LogP contribution is 2.10. The lowest BCUT2D eigenvalue weighted by atomic mass is 10.1. The number of hydrogen-bond donors (Lipinski definition) is 1. The summed E-state index contributed by atoms with van der Waals surface area (Å²) in [7, 11) is 0. The average Bonchev–Trinajstić information content (AvgIpc) is 2.55. The molecular formula is C15H23NO2. The molecule has 0 aromatic heterocycles. The first-order valence-electron chi connectivity index (χ1n) is 6.72. The Kier molecular flexibility index (Phi) is 5.17. The Hall–Kier alpha value is -0.900. The molecule has 0 amide bonds. The van der Waals surface area contributed by atoms with Crippen LogP contribution < -0.4 is 5.32 Å². The van der Waals surface area contributed by atoms with Gasteiger partial charge in [-0.25, -0.2) is 0 Å². The standard InChI is InChI=1S/C15H23NO2/c1-12-9-18-15(8-16-13(12)2)11-17-10-14-6-4-3-5-7-14/h3-7,12-13,15-16H,8-11H2,1-2H3. The van der Waals surface area contributed by atoms with Gasteiger partial charge in [0.05, 0.1) is 25.9 Å². The largest absolute Gasteiger partial charge is 0.374 e. The third-order valence-corrected chi connectivity index (χ3v) is 3.53. The summed E-state index contributed by atoms with van der Waals surface area (Å²) in [6.45, 7) is 7.42.